The van der Waals surface area contributed by atoms with E-state index >= 15 is 0 Å². The van der Waals surface area contributed by atoms with E-state index < -0.39 is 7.14 Å². The van der Waals surface area contributed by atoms with E-state index in [0.29, 0.717) is 16.8 Å². The first-order valence-electron chi connectivity index (χ1n) is 7.70. The van der Waals surface area contributed by atoms with E-state index in [9.17, 15) is 4.57 Å². The summed E-state index contributed by atoms with van der Waals surface area (Å²) in [5.41, 5.74) is 1.60. The summed E-state index contributed by atoms with van der Waals surface area (Å²) >= 11 is 6.23. The van der Waals surface area contributed by atoms with Gasteiger partial charge >= 0.3 is 0 Å². The number of nitrogens with one attached hydrogen (secondary N) is 2. The molecule has 0 radical (unpaired) electrons. The maximum Gasteiger partial charge on any atom is 0.229 e. The van der Waals surface area contributed by atoms with Crippen molar-refractivity contribution in [1.29, 1.82) is 0 Å². The summed E-state index contributed by atoms with van der Waals surface area (Å²) in [6.07, 6.45) is 1.53. The molecule has 3 aromatic rings. The third-order valence-electron chi connectivity index (χ3n) is 3.51. The molecule has 0 atom stereocenters. The van der Waals surface area contributed by atoms with E-state index in [0.717, 1.165) is 16.7 Å². The fourth-order valence-electron chi connectivity index (χ4n) is 2.34. The molecule has 7 heteroatoms. The first-order valence-corrected chi connectivity index (χ1v) is 10.7. The van der Waals surface area contributed by atoms with Gasteiger partial charge in [-0.05, 0) is 37.6 Å². The summed E-state index contributed by atoms with van der Waals surface area (Å²) in [5, 5.41) is 7.44. The molecular weight excluding hydrogens is 355 g/mol. The smallest absolute Gasteiger partial charge is 0.229 e. The van der Waals surface area contributed by atoms with Crippen LogP contribution in [0.5, 0.6) is 0 Å². The van der Waals surface area contributed by atoms with Crippen molar-refractivity contribution in [3.8, 4) is 0 Å². The minimum atomic E-state index is -2.44. The minimum Gasteiger partial charge on any atom is -0.338 e. The normalized spacial score (nSPS) is 11.2. The summed E-state index contributed by atoms with van der Waals surface area (Å²) in [5.74, 6) is 0.878. The van der Waals surface area contributed by atoms with Crippen molar-refractivity contribution >= 4 is 47.2 Å². The summed E-state index contributed by atoms with van der Waals surface area (Å²) < 4.78 is 12.5. The third-order valence-corrected chi connectivity index (χ3v) is 5.34. The third kappa shape index (κ3) is 4.38. The lowest BCUT2D eigenvalue weighted by Gasteiger charge is -2.15. The number of benzene rings is 2. The molecule has 0 saturated heterocycles. The Morgan fingerprint density at radius 2 is 1.64 bits per heavy atom. The largest absolute Gasteiger partial charge is 0.338 e. The molecule has 0 saturated carbocycles. The van der Waals surface area contributed by atoms with Gasteiger partial charge in [0.25, 0.3) is 0 Å². The van der Waals surface area contributed by atoms with Crippen LogP contribution in [-0.4, -0.2) is 23.3 Å². The molecule has 1 aromatic heterocycles. The zero-order valence-corrected chi connectivity index (χ0v) is 15.6. The second-order valence-electron chi connectivity index (χ2n) is 5.87. The van der Waals surface area contributed by atoms with Crippen molar-refractivity contribution in [2.75, 3.05) is 24.0 Å². The number of nitrogens with zero attached hydrogens (tertiary/aromatic N) is 2. The Hall–Kier alpha value is -2.36. The van der Waals surface area contributed by atoms with Crippen LogP contribution in [0.4, 0.5) is 23.1 Å². The molecule has 0 bridgehead atoms. The van der Waals surface area contributed by atoms with E-state index in [1.165, 1.54) is 6.20 Å². The molecule has 1 heterocycles. The molecule has 0 unspecified atom stereocenters. The van der Waals surface area contributed by atoms with Gasteiger partial charge in [0.05, 0.1) is 11.9 Å². The van der Waals surface area contributed by atoms with Gasteiger partial charge in [-0.15, -0.1) is 0 Å². The predicted octanol–water partition coefficient (Wildman–Crippen LogP) is 4.87. The number of anilines is 4. The van der Waals surface area contributed by atoms with Gasteiger partial charge in [-0.2, -0.15) is 4.98 Å². The second-order valence-corrected chi connectivity index (χ2v) is 9.46. The Morgan fingerprint density at radius 1 is 0.960 bits per heavy atom. The number of rotatable bonds is 5. The average molecular weight is 373 g/mol. The standard InChI is InChI=1S/C18H18ClN4OP/c1-25(2,24)16-11-7-6-10-15(16)22-17-14(19)12-20-18(23-17)21-13-8-4-3-5-9-13/h3-12H,1-2H3,(H2,20,21,22,23). The van der Waals surface area contributed by atoms with Gasteiger partial charge in [-0.25, -0.2) is 4.98 Å². The van der Waals surface area contributed by atoms with Gasteiger partial charge in [0.1, 0.15) is 12.2 Å². The van der Waals surface area contributed by atoms with Gasteiger partial charge in [0.2, 0.25) is 5.95 Å². The number of aromatic nitrogens is 2. The van der Waals surface area contributed by atoms with E-state index in [1.807, 2.05) is 54.6 Å². The van der Waals surface area contributed by atoms with Crippen LogP contribution in [0.2, 0.25) is 5.02 Å². The Kier molecular flexibility index (Phi) is 5.07. The summed E-state index contributed by atoms with van der Waals surface area (Å²) in [6.45, 7) is 3.47. The molecule has 2 aromatic carbocycles. The Morgan fingerprint density at radius 3 is 2.36 bits per heavy atom. The number of para-hydroxylation sites is 2. The average Bonchev–Trinajstić information content (AvgIpc) is 2.58. The summed E-state index contributed by atoms with van der Waals surface area (Å²) in [6, 6.07) is 17.1. The lowest BCUT2D eigenvalue weighted by Crippen LogP contribution is -2.10. The first kappa shape index (κ1) is 17.5. The molecule has 0 aliphatic rings. The van der Waals surface area contributed by atoms with Crippen LogP contribution in [-0.2, 0) is 4.57 Å². The molecule has 25 heavy (non-hydrogen) atoms. The highest BCUT2D eigenvalue weighted by Gasteiger charge is 2.17. The highest BCUT2D eigenvalue weighted by Crippen LogP contribution is 2.38. The topological polar surface area (TPSA) is 66.9 Å². The van der Waals surface area contributed by atoms with Crippen LogP contribution in [0.15, 0.2) is 60.8 Å². The van der Waals surface area contributed by atoms with Gasteiger partial charge in [0, 0.05) is 11.0 Å². The van der Waals surface area contributed by atoms with Crippen molar-refractivity contribution in [3.63, 3.8) is 0 Å². The molecule has 5 nitrogen and oxygen atoms in total. The lowest BCUT2D eigenvalue weighted by molar-refractivity contribution is 0.588. The van der Waals surface area contributed by atoms with Gasteiger partial charge in [-0.3, -0.25) is 0 Å². The monoisotopic (exact) mass is 372 g/mol. The van der Waals surface area contributed by atoms with E-state index in [-0.39, 0.29) is 0 Å². The second kappa shape index (κ2) is 7.26. The number of hydrogen-bond donors (Lipinski definition) is 2. The molecule has 0 aliphatic carbocycles. The molecule has 0 amide bonds. The number of hydrogen-bond acceptors (Lipinski definition) is 5. The van der Waals surface area contributed by atoms with Crippen LogP contribution in [0.3, 0.4) is 0 Å². The van der Waals surface area contributed by atoms with Crippen LogP contribution in [0, 0.1) is 0 Å². The Balaban J connectivity index is 1.91. The Bertz CT molecular complexity index is 927. The SMILES string of the molecule is CP(C)(=O)c1ccccc1Nc1nc(Nc2ccccc2)ncc1Cl. The lowest BCUT2D eigenvalue weighted by atomic mass is 10.3. The van der Waals surface area contributed by atoms with E-state index in [1.54, 1.807) is 13.3 Å². The van der Waals surface area contributed by atoms with Crippen LogP contribution in [0.25, 0.3) is 0 Å². The van der Waals surface area contributed by atoms with Crippen molar-refractivity contribution in [2.24, 2.45) is 0 Å². The molecule has 3 rings (SSSR count). The quantitative estimate of drug-likeness (QED) is 0.626. The maximum absolute atomic E-state index is 12.5. The zero-order valence-electron chi connectivity index (χ0n) is 13.9. The molecule has 0 spiro atoms. The first-order chi connectivity index (χ1) is 11.9. The van der Waals surface area contributed by atoms with Gasteiger partial charge in [-0.1, -0.05) is 41.9 Å². The zero-order chi connectivity index (χ0) is 17.9. The molecular formula is C18H18ClN4OP. The summed E-state index contributed by atoms with van der Waals surface area (Å²) in [7, 11) is -2.44. The van der Waals surface area contributed by atoms with E-state index in [4.69, 9.17) is 11.6 Å². The van der Waals surface area contributed by atoms with Crippen molar-refractivity contribution in [3.05, 3.63) is 65.8 Å². The fraction of sp³-hybridized carbons (Fsp3) is 0.111. The molecule has 128 valence electrons. The van der Waals surface area contributed by atoms with Crippen LogP contribution in [0.1, 0.15) is 0 Å². The van der Waals surface area contributed by atoms with Crippen LogP contribution < -0.4 is 15.9 Å². The van der Waals surface area contributed by atoms with Crippen LogP contribution >= 0.6 is 18.7 Å². The predicted molar refractivity (Wildman–Crippen MR) is 106 cm³/mol. The van der Waals surface area contributed by atoms with Crippen molar-refractivity contribution < 1.29 is 4.57 Å². The van der Waals surface area contributed by atoms with Crippen molar-refractivity contribution in [1.82, 2.24) is 9.97 Å². The maximum atomic E-state index is 12.5. The van der Waals surface area contributed by atoms with E-state index in [2.05, 4.69) is 20.6 Å². The minimum absolute atomic E-state index is 0.385. The van der Waals surface area contributed by atoms with Crippen molar-refractivity contribution in [2.45, 2.75) is 0 Å². The fourth-order valence-corrected chi connectivity index (χ4v) is 3.64. The molecule has 0 fully saturated rings. The van der Waals surface area contributed by atoms with Gasteiger partial charge < -0.3 is 15.2 Å². The molecule has 2 N–H and O–H groups in total. The highest BCUT2D eigenvalue weighted by molar-refractivity contribution is 7.70. The molecule has 0 aliphatic heterocycles. The summed E-state index contributed by atoms with van der Waals surface area (Å²) in [4.78, 5) is 8.63. The highest BCUT2D eigenvalue weighted by atomic mass is 35.5. The number of halogens is 1. The van der Waals surface area contributed by atoms with Gasteiger partial charge in [0.15, 0.2) is 5.82 Å². The Labute approximate surface area is 151 Å².